The minimum Gasteiger partial charge on any atom is -0.495 e. The summed E-state index contributed by atoms with van der Waals surface area (Å²) in [5, 5.41) is 5.30. The molecule has 2 aromatic rings. The Morgan fingerprint density at radius 2 is 1.78 bits per heavy atom. The Bertz CT molecular complexity index is 1010. The maximum absolute atomic E-state index is 13.3. The first-order chi connectivity index (χ1) is 15.6. The fourth-order valence-electron chi connectivity index (χ4n) is 7.91. The highest BCUT2D eigenvalue weighted by Gasteiger charge is 2.51. The molecule has 170 valence electrons. The van der Waals surface area contributed by atoms with E-state index in [0.29, 0.717) is 17.4 Å². The Labute approximate surface area is 199 Å². The lowest BCUT2D eigenvalue weighted by molar-refractivity contribution is -0.0688. The molecule has 1 heterocycles. The van der Waals surface area contributed by atoms with Gasteiger partial charge in [-0.25, -0.2) is 0 Å². The van der Waals surface area contributed by atoms with Gasteiger partial charge in [-0.1, -0.05) is 40.2 Å². The van der Waals surface area contributed by atoms with E-state index in [-0.39, 0.29) is 5.91 Å². The number of benzene rings is 2. The summed E-state index contributed by atoms with van der Waals surface area (Å²) in [5.74, 6) is 4.44. The van der Waals surface area contributed by atoms with Crippen molar-refractivity contribution in [3.05, 3.63) is 40.4 Å². The van der Waals surface area contributed by atoms with Gasteiger partial charge in [-0.05, 0) is 86.6 Å². The Kier molecular flexibility index (Phi) is 5.46. The smallest absolute Gasteiger partial charge is 0.255 e. The van der Waals surface area contributed by atoms with Crippen LogP contribution in [-0.4, -0.2) is 43.1 Å². The Hall–Kier alpha value is -1.59. The van der Waals surface area contributed by atoms with E-state index in [1.54, 1.807) is 7.11 Å². The van der Waals surface area contributed by atoms with Crippen molar-refractivity contribution in [3.8, 4) is 5.75 Å². The van der Waals surface area contributed by atoms with E-state index in [2.05, 4.69) is 26.1 Å². The number of nitrogens with zero attached hydrogens (tertiary/aromatic N) is 1. The second kappa shape index (κ2) is 8.32. The Balaban J connectivity index is 1.19. The number of carbonyl (C=O) groups is 1. The van der Waals surface area contributed by atoms with Crippen LogP contribution in [0, 0.1) is 23.7 Å². The molecule has 1 atom stereocenters. The number of hydrogen-bond donors (Lipinski definition) is 1. The predicted molar refractivity (Wildman–Crippen MR) is 131 cm³/mol. The molecule has 5 fully saturated rings. The third kappa shape index (κ3) is 3.47. The minimum absolute atomic E-state index is 0.0368. The van der Waals surface area contributed by atoms with Gasteiger partial charge in [-0.2, -0.15) is 0 Å². The van der Waals surface area contributed by atoms with Crippen molar-refractivity contribution >= 4 is 32.6 Å². The highest BCUT2D eigenvalue weighted by Crippen LogP contribution is 2.55. The molecular weight excluding hydrogens is 464 g/mol. The van der Waals surface area contributed by atoms with Crippen LogP contribution in [0.4, 0.5) is 0 Å². The molecule has 1 amide bonds. The quantitative estimate of drug-likeness (QED) is 0.582. The second-order valence-corrected chi connectivity index (χ2v) is 11.5. The van der Waals surface area contributed by atoms with Crippen molar-refractivity contribution in [1.29, 1.82) is 0 Å². The summed E-state index contributed by atoms with van der Waals surface area (Å²) in [6.07, 6.45) is 9.77. The van der Waals surface area contributed by atoms with E-state index >= 15 is 0 Å². The molecule has 7 rings (SSSR count). The largest absolute Gasteiger partial charge is 0.495 e. The lowest BCUT2D eigenvalue weighted by atomic mass is 9.54. The summed E-state index contributed by atoms with van der Waals surface area (Å²) in [7, 11) is 1.65. The number of halogens is 1. The summed E-state index contributed by atoms with van der Waals surface area (Å²) in [6.45, 7) is 1.94. The summed E-state index contributed by atoms with van der Waals surface area (Å²) in [6, 6.07) is 11.2. The number of nitrogens with one attached hydrogen (secondary N) is 1. The molecule has 4 nitrogen and oxygen atoms in total. The third-order valence-electron chi connectivity index (χ3n) is 8.87. The monoisotopic (exact) mass is 496 g/mol. The molecular formula is C27H33BrN2O2. The van der Waals surface area contributed by atoms with E-state index in [1.165, 1.54) is 51.5 Å². The Morgan fingerprint density at radius 1 is 1.09 bits per heavy atom. The summed E-state index contributed by atoms with van der Waals surface area (Å²) < 4.78 is 6.62. The molecule has 4 aliphatic carbocycles. The zero-order valence-corrected chi connectivity index (χ0v) is 20.4. The number of rotatable bonds is 5. The summed E-state index contributed by atoms with van der Waals surface area (Å²) in [5.41, 5.74) is 0.609. The molecule has 0 unspecified atom stereocenters. The van der Waals surface area contributed by atoms with Crippen LogP contribution in [0.25, 0.3) is 10.8 Å². The lowest BCUT2D eigenvalue weighted by Gasteiger charge is -2.57. The average molecular weight is 497 g/mol. The van der Waals surface area contributed by atoms with Gasteiger partial charge >= 0.3 is 0 Å². The molecule has 5 heteroatoms. The van der Waals surface area contributed by atoms with E-state index in [1.807, 2.05) is 30.3 Å². The number of fused-ring (bicyclic) bond motifs is 1. The normalized spacial score (nSPS) is 33.7. The van der Waals surface area contributed by atoms with Crippen LogP contribution in [0.5, 0.6) is 5.75 Å². The van der Waals surface area contributed by atoms with Gasteiger partial charge in [-0.15, -0.1) is 0 Å². The third-order valence-corrected chi connectivity index (χ3v) is 9.53. The number of likely N-dealkylation sites (tertiary alicyclic amines) is 1. The second-order valence-electron chi connectivity index (χ2n) is 10.6. The lowest BCUT2D eigenvalue weighted by Crippen LogP contribution is -2.58. The van der Waals surface area contributed by atoms with Gasteiger partial charge in [0.25, 0.3) is 5.91 Å². The first-order valence-corrected chi connectivity index (χ1v) is 13.2. The maximum atomic E-state index is 13.3. The van der Waals surface area contributed by atoms with Gasteiger partial charge in [0, 0.05) is 28.5 Å². The van der Waals surface area contributed by atoms with Crippen LogP contribution in [-0.2, 0) is 0 Å². The zero-order valence-electron chi connectivity index (χ0n) is 18.9. The molecule has 0 aromatic heterocycles. The van der Waals surface area contributed by atoms with Crippen LogP contribution >= 0.6 is 15.9 Å². The van der Waals surface area contributed by atoms with Gasteiger partial charge in [0.15, 0.2) is 0 Å². The van der Waals surface area contributed by atoms with E-state index in [9.17, 15) is 4.79 Å². The van der Waals surface area contributed by atoms with E-state index in [4.69, 9.17) is 4.74 Å². The van der Waals surface area contributed by atoms with Crippen LogP contribution in [0.1, 0.15) is 55.3 Å². The highest BCUT2D eigenvalue weighted by atomic mass is 79.9. The standard InChI is InChI=1S/C27H33BrN2O2/c1-32-26-22-7-3-2-6-21(22)24(28)14-23(26)27(31)29-15-20-5-4-8-30(20)25-18-10-16-9-17(12-18)13-19(25)11-16/h2-3,6-7,14,16-20,25H,4-5,8-13,15H2,1H3,(H,29,31)/t16?,17?,18?,19?,20-,25?/m1/s1. The minimum atomic E-state index is -0.0368. The van der Waals surface area contributed by atoms with Gasteiger partial charge in [0.05, 0.1) is 12.7 Å². The number of ether oxygens (including phenoxy) is 1. The number of methoxy groups -OCH3 is 1. The first-order valence-electron chi connectivity index (χ1n) is 12.4. The van der Waals surface area contributed by atoms with Crippen molar-refractivity contribution in [2.45, 2.75) is 57.0 Å². The zero-order chi connectivity index (χ0) is 21.8. The summed E-state index contributed by atoms with van der Waals surface area (Å²) >= 11 is 3.65. The van der Waals surface area contributed by atoms with Crippen LogP contribution in [0.15, 0.2) is 34.8 Å². The van der Waals surface area contributed by atoms with Gasteiger partial charge in [0.2, 0.25) is 0 Å². The molecule has 0 spiro atoms. The molecule has 4 saturated carbocycles. The topological polar surface area (TPSA) is 41.6 Å². The van der Waals surface area contributed by atoms with Crippen LogP contribution < -0.4 is 10.1 Å². The van der Waals surface area contributed by atoms with Crippen LogP contribution in [0.3, 0.4) is 0 Å². The predicted octanol–water partition coefficient (Wildman–Crippen LogP) is 5.63. The molecule has 1 N–H and O–H groups in total. The first kappa shape index (κ1) is 21.0. The van der Waals surface area contributed by atoms with E-state index in [0.717, 1.165) is 51.5 Å². The number of hydrogen-bond acceptors (Lipinski definition) is 3. The molecule has 4 bridgehead atoms. The maximum Gasteiger partial charge on any atom is 0.255 e. The van der Waals surface area contributed by atoms with E-state index < -0.39 is 0 Å². The Morgan fingerprint density at radius 3 is 2.47 bits per heavy atom. The molecule has 5 aliphatic rings. The fourth-order valence-corrected chi connectivity index (χ4v) is 8.48. The highest BCUT2D eigenvalue weighted by molar-refractivity contribution is 9.10. The summed E-state index contributed by atoms with van der Waals surface area (Å²) in [4.78, 5) is 16.1. The molecule has 1 aliphatic heterocycles. The molecule has 32 heavy (non-hydrogen) atoms. The fraction of sp³-hybridized carbons (Fsp3) is 0.593. The van der Waals surface area contributed by atoms with Gasteiger partial charge in [-0.3, -0.25) is 9.69 Å². The van der Waals surface area contributed by atoms with Crippen molar-refractivity contribution < 1.29 is 9.53 Å². The molecule has 1 saturated heterocycles. The van der Waals surface area contributed by atoms with Crippen molar-refractivity contribution in [2.24, 2.45) is 23.7 Å². The van der Waals surface area contributed by atoms with Crippen molar-refractivity contribution in [3.63, 3.8) is 0 Å². The van der Waals surface area contributed by atoms with Crippen molar-refractivity contribution in [2.75, 3.05) is 20.2 Å². The number of carbonyl (C=O) groups excluding carboxylic acids is 1. The molecule has 2 aromatic carbocycles. The van der Waals surface area contributed by atoms with Crippen molar-refractivity contribution in [1.82, 2.24) is 10.2 Å². The van der Waals surface area contributed by atoms with Gasteiger partial charge < -0.3 is 10.1 Å². The van der Waals surface area contributed by atoms with Crippen LogP contribution in [0.2, 0.25) is 0 Å². The molecule has 0 radical (unpaired) electrons. The SMILES string of the molecule is COc1c(C(=O)NC[C@H]2CCCN2C2C3CC4CC(C3)CC2C4)cc(Br)c2ccccc12. The van der Waals surface area contributed by atoms with Gasteiger partial charge in [0.1, 0.15) is 5.75 Å². The average Bonchev–Trinajstić information content (AvgIpc) is 3.25. The number of amides is 1.